The van der Waals surface area contributed by atoms with E-state index in [1.165, 1.54) is 6.92 Å². The molecule has 0 unspecified atom stereocenters. The Kier molecular flexibility index (Phi) is 8.67. The van der Waals surface area contributed by atoms with E-state index in [0.717, 1.165) is 24.8 Å². The summed E-state index contributed by atoms with van der Waals surface area (Å²) in [6, 6.07) is 7.39. The molecule has 0 fully saturated rings. The fourth-order valence-electron chi connectivity index (χ4n) is 1.64. The molecular weight excluding hydrogens is 311 g/mol. The molecular formula is C14H21O7P. The van der Waals surface area contributed by atoms with Crippen molar-refractivity contribution in [1.29, 1.82) is 0 Å². The van der Waals surface area contributed by atoms with Crippen molar-refractivity contribution in [2.24, 2.45) is 0 Å². The van der Waals surface area contributed by atoms with Crippen LogP contribution in [0.1, 0.15) is 37.8 Å². The minimum absolute atomic E-state index is 0.0195. The zero-order valence-electron chi connectivity index (χ0n) is 12.4. The average molecular weight is 332 g/mol. The van der Waals surface area contributed by atoms with Crippen molar-refractivity contribution < 1.29 is 34.3 Å². The maximum Gasteiger partial charge on any atom is 0.466 e. The molecule has 1 rings (SSSR count). The number of carbonyl (C=O) groups is 1. The normalized spacial score (nSPS) is 12.0. The smallest absolute Gasteiger partial charge is 0.466 e. The standard InChI is InChI=1S/C14H18O3.H3O4P/c1-3-4-7-11-8-5-6-9-12(11)13(15)10(2)14(16)17;1-5(2,3)4/h5-6,8-9,15H,3-4,7H2,1-2H3,(H,16,17);(H3,1,2,3,4)/b13-10-;. The molecule has 0 spiro atoms. The zero-order valence-corrected chi connectivity index (χ0v) is 13.3. The Morgan fingerprint density at radius 1 is 1.14 bits per heavy atom. The topological polar surface area (TPSA) is 135 Å². The van der Waals surface area contributed by atoms with E-state index < -0.39 is 13.8 Å². The highest BCUT2D eigenvalue weighted by Gasteiger charge is 2.13. The summed E-state index contributed by atoms with van der Waals surface area (Å²) in [5, 5.41) is 18.8. The van der Waals surface area contributed by atoms with Crippen LogP contribution in [0.2, 0.25) is 0 Å². The molecule has 0 aliphatic heterocycles. The van der Waals surface area contributed by atoms with E-state index in [2.05, 4.69) is 6.92 Å². The molecule has 5 N–H and O–H groups in total. The number of unbranched alkanes of at least 4 members (excludes halogenated alkanes) is 1. The summed E-state index contributed by atoms with van der Waals surface area (Å²) < 4.78 is 8.88. The minimum Gasteiger partial charge on any atom is -0.507 e. The van der Waals surface area contributed by atoms with E-state index in [1.54, 1.807) is 12.1 Å². The van der Waals surface area contributed by atoms with Crippen LogP contribution in [0.15, 0.2) is 29.8 Å². The first kappa shape index (κ1) is 20.3. The van der Waals surface area contributed by atoms with Gasteiger partial charge in [0.1, 0.15) is 5.76 Å². The molecule has 22 heavy (non-hydrogen) atoms. The Morgan fingerprint density at radius 2 is 1.64 bits per heavy atom. The number of carboxylic acid groups (broad SMARTS) is 1. The summed E-state index contributed by atoms with van der Waals surface area (Å²) in [5.41, 5.74) is 1.60. The number of aliphatic hydroxyl groups excluding tert-OH is 1. The third kappa shape index (κ3) is 8.59. The summed E-state index contributed by atoms with van der Waals surface area (Å²) in [5.74, 6) is -1.23. The average Bonchev–Trinajstić information content (AvgIpc) is 2.42. The second-order valence-corrected chi connectivity index (χ2v) is 5.58. The second kappa shape index (κ2) is 9.38. The molecule has 1 aromatic carbocycles. The van der Waals surface area contributed by atoms with Crippen molar-refractivity contribution >= 4 is 19.6 Å². The van der Waals surface area contributed by atoms with Gasteiger partial charge >= 0.3 is 13.8 Å². The maximum atomic E-state index is 10.8. The number of aryl methyl sites for hydroxylation is 1. The molecule has 0 atom stereocenters. The molecule has 124 valence electrons. The number of hydrogen-bond donors (Lipinski definition) is 5. The van der Waals surface area contributed by atoms with Gasteiger partial charge in [-0.3, -0.25) is 0 Å². The Balaban J connectivity index is 0.000000763. The van der Waals surface area contributed by atoms with Crippen LogP contribution >= 0.6 is 7.82 Å². The number of phosphoric acid groups is 1. The van der Waals surface area contributed by atoms with Gasteiger partial charge in [0, 0.05) is 5.56 Å². The molecule has 0 aliphatic rings. The van der Waals surface area contributed by atoms with Crippen LogP contribution in [0.5, 0.6) is 0 Å². The number of aliphatic hydroxyl groups is 1. The Hall–Kier alpha value is -1.66. The molecule has 0 saturated carbocycles. The van der Waals surface area contributed by atoms with Gasteiger partial charge in [0.15, 0.2) is 0 Å². The van der Waals surface area contributed by atoms with Gasteiger partial charge < -0.3 is 24.9 Å². The third-order valence-corrected chi connectivity index (χ3v) is 2.75. The van der Waals surface area contributed by atoms with Crippen molar-refractivity contribution in [2.45, 2.75) is 33.1 Å². The highest BCUT2D eigenvalue weighted by Crippen LogP contribution is 2.25. The first-order valence-electron chi connectivity index (χ1n) is 6.57. The van der Waals surface area contributed by atoms with Gasteiger partial charge in [0.2, 0.25) is 0 Å². The van der Waals surface area contributed by atoms with Gasteiger partial charge in [-0.05, 0) is 25.3 Å². The molecule has 7 nitrogen and oxygen atoms in total. The number of aliphatic carboxylic acids is 1. The molecule has 0 radical (unpaired) electrons. The lowest BCUT2D eigenvalue weighted by atomic mass is 9.99. The van der Waals surface area contributed by atoms with E-state index >= 15 is 0 Å². The SMILES string of the molecule is CCCCc1ccccc1/C(O)=C(\C)C(=O)O.O=P(O)(O)O. The van der Waals surface area contributed by atoms with Crippen LogP contribution in [-0.4, -0.2) is 30.9 Å². The van der Waals surface area contributed by atoms with Gasteiger partial charge in [0.25, 0.3) is 0 Å². The van der Waals surface area contributed by atoms with Gasteiger partial charge in [-0.1, -0.05) is 37.6 Å². The third-order valence-electron chi connectivity index (χ3n) is 2.75. The fourth-order valence-corrected chi connectivity index (χ4v) is 1.64. The highest BCUT2D eigenvalue weighted by atomic mass is 31.2. The van der Waals surface area contributed by atoms with E-state index in [1.807, 2.05) is 12.1 Å². The Morgan fingerprint density at radius 3 is 2.09 bits per heavy atom. The number of carboxylic acids is 1. The zero-order chi connectivity index (χ0) is 17.3. The van der Waals surface area contributed by atoms with E-state index in [4.69, 9.17) is 24.4 Å². The Bertz CT molecular complexity index is 566. The minimum atomic E-state index is -4.64. The van der Waals surface area contributed by atoms with Crippen LogP contribution in [0.3, 0.4) is 0 Å². The predicted octanol–water partition coefficient (Wildman–Crippen LogP) is 2.47. The highest BCUT2D eigenvalue weighted by molar-refractivity contribution is 7.45. The van der Waals surface area contributed by atoms with Crippen LogP contribution in [0.25, 0.3) is 5.76 Å². The van der Waals surface area contributed by atoms with Crippen LogP contribution in [0, 0.1) is 0 Å². The van der Waals surface area contributed by atoms with Gasteiger partial charge in [-0.25, -0.2) is 9.36 Å². The van der Waals surface area contributed by atoms with E-state index in [-0.39, 0.29) is 11.3 Å². The lowest BCUT2D eigenvalue weighted by Gasteiger charge is -2.09. The number of hydrogen-bond acceptors (Lipinski definition) is 3. The first-order chi connectivity index (χ1) is 10.1. The largest absolute Gasteiger partial charge is 0.507 e. The van der Waals surface area contributed by atoms with Gasteiger partial charge in [-0.2, -0.15) is 0 Å². The van der Waals surface area contributed by atoms with Crippen molar-refractivity contribution in [3.63, 3.8) is 0 Å². The molecule has 0 saturated heterocycles. The number of benzene rings is 1. The fraction of sp³-hybridized carbons (Fsp3) is 0.357. The quantitative estimate of drug-likeness (QED) is 0.317. The van der Waals surface area contributed by atoms with Crippen molar-refractivity contribution in [2.75, 3.05) is 0 Å². The monoisotopic (exact) mass is 332 g/mol. The molecule has 0 amide bonds. The van der Waals surface area contributed by atoms with Crippen LogP contribution < -0.4 is 0 Å². The number of rotatable bonds is 5. The molecule has 0 bridgehead atoms. The Labute approximate surface area is 128 Å². The summed E-state index contributed by atoms with van der Waals surface area (Å²) in [6.07, 6.45) is 2.94. The molecule has 0 aromatic heterocycles. The van der Waals surface area contributed by atoms with E-state index in [0.29, 0.717) is 5.56 Å². The van der Waals surface area contributed by atoms with Crippen LogP contribution in [-0.2, 0) is 15.8 Å². The summed E-state index contributed by atoms with van der Waals surface area (Å²) in [7, 11) is -4.64. The van der Waals surface area contributed by atoms with E-state index in [9.17, 15) is 9.90 Å². The van der Waals surface area contributed by atoms with Crippen molar-refractivity contribution in [1.82, 2.24) is 0 Å². The maximum absolute atomic E-state index is 10.8. The lowest BCUT2D eigenvalue weighted by Crippen LogP contribution is -2.02. The molecule has 1 aromatic rings. The molecule has 0 heterocycles. The lowest BCUT2D eigenvalue weighted by molar-refractivity contribution is -0.132. The molecule has 8 heteroatoms. The first-order valence-corrected chi connectivity index (χ1v) is 8.14. The summed E-state index contributed by atoms with van der Waals surface area (Å²) >= 11 is 0. The molecule has 0 aliphatic carbocycles. The van der Waals surface area contributed by atoms with Crippen molar-refractivity contribution in [3.05, 3.63) is 41.0 Å². The summed E-state index contributed by atoms with van der Waals surface area (Å²) in [4.78, 5) is 32.4. The van der Waals surface area contributed by atoms with Crippen molar-refractivity contribution in [3.8, 4) is 0 Å². The van der Waals surface area contributed by atoms with Crippen LogP contribution in [0.4, 0.5) is 0 Å². The summed E-state index contributed by atoms with van der Waals surface area (Å²) in [6.45, 7) is 3.51. The van der Waals surface area contributed by atoms with Gasteiger partial charge in [-0.15, -0.1) is 0 Å². The van der Waals surface area contributed by atoms with Gasteiger partial charge in [0.05, 0.1) is 5.57 Å². The predicted molar refractivity (Wildman–Crippen MR) is 82.2 cm³/mol. The second-order valence-electron chi connectivity index (χ2n) is 4.55.